The van der Waals surface area contributed by atoms with Crippen molar-refractivity contribution in [2.75, 3.05) is 33.8 Å². The van der Waals surface area contributed by atoms with Gasteiger partial charge >= 0.3 is 11.9 Å². The Hall–Kier alpha value is -1.58. The molecule has 1 aliphatic rings. The van der Waals surface area contributed by atoms with Gasteiger partial charge in [0.05, 0.1) is 33.7 Å². The van der Waals surface area contributed by atoms with Gasteiger partial charge in [0, 0.05) is 25.7 Å². The monoisotopic (exact) mass is 340 g/mol. The molecule has 136 valence electrons. The largest absolute Gasteiger partial charge is 0.462 e. The smallest absolute Gasteiger partial charge is 0.308 e. The molecule has 6 heteroatoms. The average molecular weight is 340 g/mol. The second-order valence-electron chi connectivity index (χ2n) is 6.80. The minimum Gasteiger partial charge on any atom is -0.462 e. The van der Waals surface area contributed by atoms with E-state index in [-0.39, 0.29) is 18.0 Å². The van der Waals surface area contributed by atoms with Crippen LogP contribution in [0.4, 0.5) is 0 Å². The maximum atomic E-state index is 11.9. The average Bonchev–Trinajstić information content (AvgIpc) is 2.47. The van der Waals surface area contributed by atoms with E-state index in [0.29, 0.717) is 49.7 Å². The van der Waals surface area contributed by atoms with Crippen LogP contribution in [0.2, 0.25) is 0 Å². The van der Waals surface area contributed by atoms with Crippen molar-refractivity contribution in [2.45, 2.75) is 57.8 Å². The Labute approximate surface area is 145 Å². The lowest BCUT2D eigenvalue weighted by atomic mass is 10.1. The molecule has 2 atom stereocenters. The molecule has 1 heterocycles. The molecule has 0 aromatic carbocycles. The number of rotatable bonds is 9. The standard InChI is InChI=1S/C18H30NO5/c1-5-8-16(20)23-15-10-13-22-18(14-15)24-17(21)9-7-12-19(3,4)11-6-2/h2,15,18H,5,7-14H2,1,3-4H3/q+1. The third-order valence-electron chi connectivity index (χ3n) is 3.88. The zero-order valence-corrected chi connectivity index (χ0v) is 15.1. The first-order valence-corrected chi connectivity index (χ1v) is 8.62. The van der Waals surface area contributed by atoms with Crippen molar-refractivity contribution in [3.63, 3.8) is 0 Å². The molecule has 2 unspecified atom stereocenters. The van der Waals surface area contributed by atoms with E-state index in [2.05, 4.69) is 5.92 Å². The van der Waals surface area contributed by atoms with Crippen molar-refractivity contribution >= 4 is 11.9 Å². The van der Waals surface area contributed by atoms with Gasteiger partial charge in [0.15, 0.2) is 0 Å². The highest BCUT2D eigenvalue weighted by molar-refractivity contribution is 5.70. The van der Waals surface area contributed by atoms with E-state index < -0.39 is 6.29 Å². The molecule has 1 fully saturated rings. The maximum Gasteiger partial charge on any atom is 0.308 e. The van der Waals surface area contributed by atoms with Gasteiger partial charge in [0.2, 0.25) is 6.29 Å². The fourth-order valence-corrected chi connectivity index (χ4v) is 2.55. The van der Waals surface area contributed by atoms with Crippen LogP contribution >= 0.6 is 0 Å². The molecule has 1 saturated heterocycles. The Morgan fingerprint density at radius 3 is 2.62 bits per heavy atom. The summed E-state index contributed by atoms with van der Waals surface area (Å²) < 4.78 is 16.8. The fraction of sp³-hybridized carbons (Fsp3) is 0.778. The summed E-state index contributed by atoms with van der Waals surface area (Å²) in [5.41, 5.74) is 0. The summed E-state index contributed by atoms with van der Waals surface area (Å²) in [5.74, 6) is 2.14. The number of hydrogen-bond acceptors (Lipinski definition) is 5. The van der Waals surface area contributed by atoms with E-state index in [9.17, 15) is 9.59 Å². The van der Waals surface area contributed by atoms with Crippen LogP contribution in [0, 0.1) is 12.3 Å². The predicted molar refractivity (Wildman–Crippen MR) is 89.8 cm³/mol. The summed E-state index contributed by atoms with van der Waals surface area (Å²) in [7, 11) is 4.06. The zero-order chi connectivity index (χ0) is 18.0. The third-order valence-corrected chi connectivity index (χ3v) is 3.88. The first-order chi connectivity index (χ1) is 11.4. The lowest BCUT2D eigenvalue weighted by Gasteiger charge is -2.29. The molecule has 0 radical (unpaired) electrons. The molecule has 0 aromatic rings. The lowest BCUT2D eigenvalue weighted by Crippen LogP contribution is -2.41. The van der Waals surface area contributed by atoms with Crippen LogP contribution in [0.3, 0.4) is 0 Å². The Morgan fingerprint density at radius 2 is 1.96 bits per heavy atom. The van der Waals surface area contributed by atoms with Gasteiger partial charge in [-0.25, -0.2) is 0 Å². The molecule has 0 spiro atoms. The van der Waals surface area contributed by atoms with Crippen LogP contribution in [0.25, 0.3) is 0 Å². The van der Waals surface area contributed by atoms with Crippen LogP contribution in [0.15, 0.2) is 0 Å². The topological polar surface area (TPSA) is 61.8 Å². The summed E-state index contributed by atoms with van der Waals surface area (Å²) in [5, 5.41) is 0. The molecule has 0 aliphatic carbocycles. The van der Waals surface area contributed by atoms with Gasteiger partial charge in [0.1, 0.15) is 12.6 Å². The van der Waals surface area contributed by atoms with Crippen molar-refractivity contribution in [3.05, 3.63) is 0 Å². The maximum absolute atomic E-state index is 11.9. The van der Waals surface area contributed by atoms with Gasteiger partial charge in [0.25, 0.3) is 0 Å². The molecule has 0 aromatic heterocycles. The third kappa shape index (κ3) is 8.32. The normalized spacial score (nSPS) is 20.9. The highest BCUT2D eigenvalue weighted by Crippen LogP contribution is 2.19. The highest BCUT2D eigenvalue weighted by atomic mass is 16.7. The molecule has 24 heavy (non-hydrogen) atoms. The van der Waals surface area contributed by atoms with Crippen LogP contribution < -0.4 is 0 Å². The molecule has 1 aliphatic heterocycles. The van der Waals surface area contributed by atoms with Crippen molar-refractivity contribution in [1.29, 1.82) is 0 Å². The number of carbonyl (C=O) groups excluding carboxylic acids is 2. The number of terminal acetylenes is 1. The molecule has 0 N–H and O–H groups in total. The van der Waals surface area contributed by atoms with E-state index in [1.165, 1.54) is 0 Å². The Balaban J connectivity index is 2.28. The highest BCUT2D eigenvalue weighted by Gasteiger charge is 2.28. The molecule has 6 nitrogen and oxygen atoms in total. The van der Waals surface area contributed by atoms with Crippen LogP contribution in [0.1, 0.15) is 45.4 Å². The fourth-order valence-electron chi connectivity index (χ4n) is 2.55. The number of ether oxygens (including phenoxy) is 3. The summed E-state index contributed by atoms with van der Waals surface area (Å²) in [4.78, 5) is 23.5. The Morgan fingerprint density at radius 1 is 1.25 bits per heavy atom. The molecular weight excluding hydrogens is 310 g/mol. The summed E-state index contributed by atoms with van der Waals surface area (Å²) in [6.07, 6.45) is 7.71. The van der Waals surface area contributed by atoms with Crippen LogP contribution in [-0.2, 0) is 23.8 Å². The molecule has 1 rings (SSSR count). The molecule has 0 bridgehead atoms. The summed E-state index contributed by atoms with van der Waals surface area (Å²) in [6, 6.07) is 0. The van der Waals surface area contributed by atoms with E-state index in [0.717, 1.165) is 13.0 Å². The van der Waals surface area contributed by atoms with Crippen molar-refractivity contribution < 1.29 is 28.3 Å². The van der Waals surface area contributed by atoms with Crippen LogP contribution in [0.5, 0.6) is 0 Å². The van der Waals surface area contributed by atoms with Crippen molar-refractivity contribution in [2.24, 2.45) is 0 Å². The van der Waals surface area contributed by atoms with Crippen molar-refractivity contribution in [1.82, 2.24) is 0 Å². The minimum atomic E-state index is -0.626. The van der Waals surface area contributed by atoms with Gasteiger partial charge in [-0.15, -0.1) is 6.42 Å². The number of hydrogen-bond donors (Lipinski definition) is 0. The minimum absolute atomic E-state index is 0.206. The number of carbonyl (C=O) groups is 2. The lowest BCUT2D eigenvalue weighted by molar-refractivity contribution is -0.883. The van der Waals surface area contributed by atoms with Gasteiger partial charge in [-0.3, -0.25) is 9.59 Å². The van der Waals surface area contributed by atoms with Crippen molar-refractivity contribution in [3.8, 4) is 12.3 Å². The van der Waals surface area contributed by atoms with Crippen LogP contribution in [-0.4, -0.2) is 62.6 Å². The second-order valence-corrected chi connectivity index (χ2v) is 6.80. The first kappa shape index (κ1) is 20.5. The van der Waals surface area contributed by atoms with Gasteiger partial charge < -0.3 is 18.7 Å². The van der Waals surface area contributed by atoms with Gasteiger partial charge in [-0.05, 0) is 12.3 Å². The number of nitrogens with zero attached hydrogens (tertiary/aromatic N) is 1. The van der Waals surface area contributed by atoms with E-state index in [1.54, 1.807) is 0 Å². The van der Waals surface area contributed by atoms with E-state index in [1.807, 2.05) is 21.0 Å². The zero-order valence-electron chi connectivity index (χ0n) is 15.1. The van der Waals surface area contributed by atoms with E-state index >= 15 is 0 Å². The Kier molecular flexibility index (Phi) is 8.80. The molecule has 0 amide bonds. The number of quaternary nitrogens is 1. The summed E-state index contributed by atoms with van der Waals surface area (Å²) >= 11 is 0. The SMILES string of the molecule is C#CC[N+](C)(C)CCCC(=O)OC1CC(OC(=O)CCC)CCO1. The Bertz CT molecular complexity index is 455. The number of esters is 2. The predicted octanol–water partition coefficient (Wildman–Crippen LogP) is 1.87. The van der Waals surface area contributed by atoms with Gasteiger partial charge in [-0.2, -0.15) is 0 Å². The van der Waals surface area contributed by atoms with Gasteiger partial charge in [-0.1, -0.05) is 6.92 Å². The second kappa shape index (κ2) is 10.3. The summed E-state index contributed by atoms with van der Waals surface area (Å²) in [6.45, 7) is 3.79. The quantitative estimate of drug-likeness (QED) is 0.364. The van der Waals surface area contributed by atoms with E-state index in [4.69, 9.17) is 20.6 Å². The molecular formula is C18H30NO5+. The molecule has 0 saturated carbocycles. The first-order valence-electron chi connectivity index (χ1n) is 8.62.